The van der Waals surface area contributed by atoms with Crippen molar-refractivity contribution >= 4 is 54.8 Å². The lowest BCUT2D eigenvalue weighted by Gasteiger charge is -2.16. The number of ether oxygens (including phenoxy) is 1. The Morgan fingerprint density at radius 1 is 0.931 bits per heavy atom. The van der Waals surface area contributed by atoms with Gasteiger partial charge in [-0.2, -0.15) is 13.2 Å². The molecule has 0 saturated carbocycles. The topological polar surface area (TPSA) is 64.1 Å². The molecule has 0 saturated heterocycles. The molecule has 5 nitrogen and oxygen atoms in total. The summed E-state index contributed by atoms with van der Waals surface area (Å²) in [5.41, 5.74) is -0.427. The van der Waals surface area contributed by atoms with E-state index in [1.54, 1.807) is 48.5 Å². The normalized spacial score (nSPS) is 11.6. The van der Waals surface area contributed by atoms with E-state index in [1.807, 2.05) is 5.32 Å². The van der Waals surface area contributed by atoms with Crippen LogP contribution in [-0.4, -0.2) is 29.3 Å². The molecule has 0 aliphatic carbocycles. The molecule has 0 spiro atoms. The van der Waals surface area contributed by atoms with Gasteiger partial charge in [0.05, 0.1) is 33.1 Å². The van der Waals surface area contributed by atoms with Gasteiger partial charge in [-0.1, -0.05) is 24.3 Å². The van der Waals surface area contributed by atoms with Crippen LogP contribution < -0.4 is 5.32 Å². The number of halogens is 3. The number of carbonyl (C=O) groups excluding carboxylic acids is 1. The van der Waals surface area contributed by atoms with Crippen molar-refractivity contribution in [3.05, 3.63) is 64.2 Å². The minimum atomic E-state index is -4.86. The molecule has 0 radical (unpaired) electrons. The Hall–Kier alpha value is -2.98. The summed E-state index contributed by atoms with van der Waals surface area (Å²) in [6, 6.07) is 14.0. The van der Waals surface area contributed by atoms with Gasteiger partial charge in [0, 0.05) is 0 Å². The van der Waals surface area contributed by atoms with Crippen molar-refractivity contribution in [2.75, 3.05) is 7.11 Å². The molecule has 29 heavy (non-hydrogen) atoms. The zero-order valence-electron chi connectivity index (χ0n) is 14.8. The van der Waals surface area contributed by atoms with Crippen molar-refractivity contribution in [2.24, 2.45) is 0 Å². The van der Waals surface area contributed by atoms with Gasteiger partial charge >= 0.3 is 12.3 Å². The molecule has 1 N–H and O–H groups in total. The van der Waals surface area contributed by atoms with Crippen LogP contribution in [0.1, 0.15) is 10.0 Å². The average Bonchev–Trinajstić information content (AvgIpc) is 3.30. The molecule has 148 valence electrons. The van der Waals surface area contributed by atoms with Gasteiger partial charge in [0.15, 0.2) is 0 Å². The maximum Gasteiger partial charge on any atom is 0.432 e. The Balaban J connectivity index is 2.02. The monoisotopic (exact) mass is 435 g/mol. The van der Waals surface area contributed by atoms with E-state index in [0.717, 1.165) is 39.2 Å². The minimum Gasteiger partial charge on any atom is -0.453 e. The van der Waals surface area contributed by atoms with Gasteiger partial charge in [0.25, 0.3) is 0 Å². The highest BCUT2D eigenvalue weighted by Gasteiger charge is 2.40. The van der Waals surface area contributed by atoms with E-state index in [2.05, 4.69) is 14.7 Å². The van der Waals surface area contributed by atoms with Crippen molar-refractivity contribution in [3.63, 3.8) is 0 Å². The van der Waals surface area contributed by atoms with E-state index < -0.39 is 18.0 Å². The number of para-hydroxylation sites is 2. The van der Waals surface area contributed by atoms with Crippen LogP contribution in [-0.2, 0) is 4.74 Å². The number of methoxy groups -OCH3 is 1. The Morgan fingerprint density at radius 3 is 1.83 bits per heavy atom. The molecule has 0 atom stereocenters. The Labute approximate surface area is 170 Å². The first-order valence-corrected chi connectivity index (χ1v) is 9.88. The van der Waals surface area contributed by atoms with Crippen LogP contribution in [0.2, 0.25) is 0 Å². The number of amides is 1. The Bertz CT molecular complexity index is 1100. The summed E-state index contributed by atoms with van der Waals surface area (Å²) in [6.07, 6.45) is -6.09. The number of carbonyl (C=O) groups is 1. The third-order valence-electron chi connectivity index (χ3n) is 3.96. The number of hydrogen-bond donors (Lipinski definition) is 1. The fourth-order valence-electron chi connectivity index (χ4n) is 2.69. The molecule has 2 aromatic carbocycles. The third kappa shape index (κ3) is 3.81. The van der Waals surface area contributed by atoms with Crippen LogP contribution in [0.4, 0.5) is 18.0 Å². The van der Waals surface area contributed by atoms with Gasteiger partial charge in [-0.15, -0.1) is 22.7 Å². The summed E-state index contributed by atoms with van der Waals surface area (Å²) in [5, 5.41) is 2.03. The number of thiazole rings is 2. The molecule has 10 heteroatoms. The SMILES string of the molecule is COC(=O)NC(=C(c1nc2ccccc2s1)c1nc2ccccc2s1)C(F)(F)F. The van der Waals surface area contributed by atoms with Gasteiger partial charge in [-0.05, 0) is 24.3 Å². The summed E-state index contributed by atoms with van der Waals surface area (Å²) < 4.78 is 47.8. The molecule has 0 unspecified atom stereocenters. The number of allylic oxidation sites excluding steroid dienone is 1. The summed E-state index contributed by atoms with van der Waals surface area (Å²) in [5.74, 6) is 0. The van der Waals surface area contributed by atoms with Crippen molar-refractivity contribution in [3.8, 4) is 0 Å². The fraction of sp³-hybridized carbons (Fsp3) is 0.105. The lowest BCUT2D eigenvalue weighted by molar-refractivity contribution is -0.0954. The highest BCUT2D eigenvalue weighted by molar-refractivity contribution is 7.22. The lowest BCUT2D eigenvalue weighted by atomic mass is 10.2. The summed E-state index contributed by atoms with van der Waals surface area (Å²) >= 11 is 2.19. The van der Waals surface area contributed by atoms with E-state index >= 15 is 0 Å². The number of benzene rings is 2. The van der Waals surface area contributed by atoms with Gasteiger partial charge < -0.3 is 4.74 Å². The van der Waals surface area contributed by atoms with E-state index in [-0.39, 0.29) is 15.6 Å². The zero-order chi connectivity index (χ0) is 20.6. The predicted molar refractivity (Wildman–Crippen MR) is 107 cm³/mol. The summed E-state index contributed by atoms with van der Waals surface area (Å²) in [4.78, 5) is 20.4. The van der Waals surface area contributed by atoms with Gasteiger partial charge in [-0.25, -0.2) is 14.8 Å². The van der Waals surface area contributed by atoms with Crippen molar-refractivity contribution in [2.45, 2.75) is 6.18 Å². The smallest absolute Gasteiger partial charge is 0.432 e. The second kappa shape index (κ2) is 7.45. The fourth-order valence-corrected chi connectivity index (χ4v) is 4.79. The first-order valence-electron chi connectivity index (χ1n) is 8.25. The molecule has 0 bridgehead atoms. The number of nitrogens with zero attached hydrogens (tertiary/aromatic N) is 2. The van der Waals surface area contributed by atoms with E-state index in [9.17, 15) is 18.0 Å². The maximum atomic E-state index is 14.0. The number of rotatable bonds is 3. The van der Waals surface area contributed by atoms with Crippen LogP contribution in [0.25, 0.3) is 26.0 Å². The van der Waals surface area contributed by atoms with Crippen LogP contribution in [0.15, 0.2) is 54.2 Å². The highest BCUT2D eigenvalue weighted by Crippen LogP contribution is 2.40. The predicted octanol–water partition coefficient (Wildman–Crippen LogP) is 5.58. The van der Waals surface area contributed by atoms with E-state index in [0.29, 0.717) is 11.0 Å². The molecule has 0 aliphatic rings. The summed E-state index contributed by atoms with van der Waals surface area (Å²) in [7, 11) is 0.998. The van der Waals surface area contributed by atoms with Crippen molar-refractivity contribution in [1.29, 1.82) is 0 Å². The average molecular weight is 435 g/mol. The molecular weight excluding hydrogens is 423 g/mol. The first kappa shape index (κ1) is 19.3. The molecule has 4 rings (SSSR count). The molecule has 4 aromatic rings. The van der Waals surface area contributed by atoms with E-state index in [1.165, 1.54) is 0 Å². The molecule has 0 fully saturated rings. The molecule has 1 amide bonds. The minimum absolute atomic E-state index is 0.106. The first-order chi connectivity index (χ1) is 13.9. The number of alkyl carbamates (subject to hydrolysis) is 1. The van der Waals surface area contributed by atoms with Gasteiger partial charge in [-0.3, -0.25) is 5.32 Å². The Morgan fingerprint density at radius 2 is 1.41 bits per heavy atom. The number of aromatic nitrogens is 2. The third-order valence-corrected chi connectivity index (χ3v) is 6.07. The number of nitrogens with one attached hydrogen (secondary N) is 1. The van der Waals surface area contributed by atoms with Crippen molar-refractivity contribution < 1.29 is 22.7 Å². The van der Waals surface area contributed by atoms with Gasteiger partial charge in [0.1, 0.15) is 15.7 Å². The molecule has 2 heterocycles. The van der Waals surface area contributed by atoms with Crippen LogP contribution in [0.5, 0.6) is 0 Å². The quantitative estimate of drug-likeness (QED) is 0.456. The number of hydrogen-bond acceptors (Lipinski definition) is 6. The maximum absolute atomic E-state index is 14.0. The lowest BCUT2D eigenvalue weighted by Crippen LogP contribution is -2.32. The van der Waals surface area contributed by atoms with Crippen LogP contribution in [0, 0.1) is 0 Å². The zero-order valence-corrected chi connectivity index (χ0v) is 16.4. The largest absolute Gasteiger partial charge is 0.453 e. The second-order valence-electron chi connectivity index (χ2n) is 5.84. The van der Waals surface area contributed by atoms with Crippen LogP contribution in [0.3, 0.4) is 0 Å². The number of fused-ring (bicyclic) bond motifs is 2. The molecular formula is C19H12F3N3O2S2. The molecule has 0 aliphatic heterocycles. The molecule has 2 aromatic heterocycles. The van der Waals surface area contributed by atoms with E-state index in [4.69, 9.17) is 0 Å². The number of alkyl halides is 3. The Kier molecular flexibility index (Phi) is 4.97. The van der Waals surface area contributed by atoms with Gasteiger partial charge in [0.2, 0.25) is 0 Å². The van der Waals surface area contributed by atoms with Crippen molar-refractivity contribution in [1.82, 2.24) is 15.3 Å². The summed E-state index contributed by atoms with van der Waals surface area (Å²) in [6.45, 7) is 0. The second-order valence-corrected chi connectivity index (χ2v) is 7.90. The highest BCUT2D eigenvalue weighted by atomic mass is 32.1. The standard InChI is InChI=1S/C19H12F3N3O2S2/c1-27-18(26)25-15(19(20,21)22)14(16-23-10-6-2-4-8-12(10)28-16)17-24-11-7-3-5-9-13(11)29-17/h2-9H,1H3,(H,25,26). The van der Waals surface area contributed by atoms with Crippen LogP contribution >= 0.6 is 22.7 Å².